The summed E-state index contributed by atoms with van der Waals surface area (Å²) in [4.78, 5) is 21.8. The zero-order valence-electron chi connectivity index (χ0n) is 10.1. The Morgan fingerprint density at radius 1 is 1.17 bits per heavy atom. The van der Waals surface area contributed by atoms with Crippen LogP contribution in [0.15, 0.2) is 30.3 Å². The summed E-state index contributed by atoms with van der Waals surface area (Å²) in [6.45, 7) is 3.18. The maximum atomic E-state index is 10.9. The lowest BCUT2D eigenvalue weighted by atomic mass is 10.0. The Bertz CT molecular complexity index is 644. The lowest BCUT2D eigenvalue weighted by molar-refractivity contribution is -0.131. The highest BCUT2D eigenvalue weighted by Crippen LogP contribution is 2.28. The van der Waals surface area contributed by atoms with Crippen LogP contribution in [-0.2, 0) is 4.79 Å². The normalized spacial score (nSPS) is 10.3. The summed E-state index contributed by atoms with van der Waals surface area (Å²) in [7, 11) is 0. The van der Waals surface area contributed by atoms with Crippen LogP contribution in [0.5, 0.6) is 5.75 Å². The molecule has 0 bridgehead atoms. The van der Waals surface area contributed by atoms with Crippen LogP contribution in [0.25, 0.3) is 10.8 Å². The number of esters is 1. The first kappa shape index (κ1) is 12.1. The maximum Gasteiger partial charge on any atom is 0.335 e. The van der Waals surface area contributed by atoms with Gasteiger partial charge in [-0.3, -0.25) is 4.79 Å². The summed E-state index contributed by atoms with van der Waals surface area (Å²) in [6.07, 6.45) is 0. The molecule has 2 rings (SSSR count). The molecule has 2 aromatic rings. The quantitative estimate of drug-likeness (QED) is 0.651. The van der Waals surface area contributed by atoms with Crippen molar-refractivity contribution in [2.45, 2.75) is 13.8 Å². The third kappa shape index (κ3) is 2.18. The number of carbonyl (C=O) groups excluding carboxylic acids is 1. The minimum atomic E-state index is -0.960. The summed E-state index contributed by atoms with van der Waals surface area (Å²) >= 11 is 0. The zero-order valence-corrected chi connectivity index (χ0v) is 10.1. The Labute approximate surface area is 104 Å². The van der Waals surface area contributed by atoms with Gasteiger partial charge in [0.15, 0.2) is 0 Å². The van der Waals surface area contributed by atoms with Crippen molar-refractivity contribution < 1.29 is 19.4 Å². The van der Waals surface area contributed by atoms with Crippen molar-refractivity contribution in [1.29, 1.82) is 0 Å². The average molecular weight is 244 g/mol. The van der Waals surface area contributed by atoms with Crippen LogP contribution in [0.2, 0.25) is 0 Å². The van der Waals surface area contributed by atoms with Gasteiger partial charge in [-0.15, -0.1) is 0 Å². The number of carboxylic acids is 1. The molecule has 0 unspecified atom stereocenters. The number of hydrogen-bond acceptors (Lipinski definition) is 3. The average Bonchev–Trinajstić information content (AvgIpc) is 2.32. The van der Waals surface area contributed by atoms with Crippen LogP contribution in [0.3, 0.4) is 0 Å². The van der Waals surface area contributed by atoms with Crippen LogP contribution in [0.1, 0.15) is 22.8 Å². The molecule has 0 saturated carbocycles. The highest BCUT2D eigenvalue weighted by Gasteiger charge is 2.09. The summed E-state index contributed by atoms with van der Waals surface area (Å²) in [6, 6.07) is 8.27. The molecule has 1 N–H and O–H groups in total. The number of carboxylic acid groups (broad SMARTS) is 1. The standard InChI is InChI=1S/C14H12O4/c1-8-12-5-3-11(14(16)17)7-10(12)4-6-13(8)18-9(2)15/h3-7H,1-2H3,(H,16,17). The Balaban J connectivity index is 2.58. The topological polar surface area (TPSA) is 63.6 Å². The summed E-state index contributed by atoms with van der Waals surface area (Å²) in [5.41, 5.74) is 1.06. The van der Waals surface area contributed by atoms with E-state index >= 15 is 0 Å². The van der Waals surface area contributed by atoms with E-state index in [0.29, 0.717) is 5.75 Å². The molecule has 18 heavy (non-hydrogen) atoms. The summed E-state index contributed by atoms with van der Waals surface area (Å²) in [5.74, 6) is -0.837. The predicted molar refractivity (Wildman–Crippen MR) is 67.0 cm³/mol. The highest BCUT2D eigenvalue weighted by molar-refractivity contribution is 5.96. The van der Waals surface area contributed by atoms with Crippen LogP contribution < -0.4 is 4.74 Å². The molecule has 0 atom stereocenters. The van der Waals surface area contributed by atoms with E-state index < -0.39 is 5.97 Å². The second kappa shape index (κ2) is 4.49. The Kier molecular flexibility index (Phi) is 3.02. The molecule has 92 valence electrons. The van der Waals surface area contributed by atoms with Gasteiger partial charge in [-0.05, 0) is 41.5 Å². The first-order chi connectivity index (χ1) is 8.49. The van der Waals surface area contributed by atoms with Gasteiger partial charge in [0.05, 0.1) is 5.56 Å². The van der Waals surface area contributed by atoms with Crippen molar-refractivity contribution in [3.63, 3.8) is 0 Å². The van der Waals surface area contributed by atoms with Gasteiger partial charge in [0.2, 0.25) is 0 Å². The van der Waals surface area contributed by atoms with Gasteiger partial charge < -0.3 is 9.84 Å². The fourth-order valence-electron chi connectivity index (χ4n) is 1.86. The second-order valence-corrected chi connectivity index (χ2v) is 4.02. The minimum Gasteiger partial charge on any atom is -0.478 e. The lowest BCUT2D eigenvalue weighted by Gasteiger charge is -2.09. The molecule has 0 aromatic heterocycles. The molecule has 4 nitrogen and oxygen atoms in total. The summed E-state index contributed by atoms with van der Waals surface area (Å²) in [5, 5.41) is 10.6. The number of aromatic carboxylic acids is 1. The molecule has 0 radical (unpaired) electrons. The SMILES string of the molecule is CC(=O)Oc1ccc2cc(C(=O)O)ccc2c1C. The molecule has 0 spiro atoms. The number of hydrogen-bond donors (Lipinski definition) is 1. The van der Waals surface area contributed by atoms with Gasteiger partial charge in [-0.25, -0.2) is 4.79 Å². The van der Waals surface area contributed by atoms with Crippen molar-refractivity contribution in [3.05, 3.63) is 41.5 Å². The molecule has 0 heterocycles. The molecule has 0 aliphatic rings. The minimum absolute atomic E-state index is 0.238. The zero-order chi connectivity index (χ0) is 13.3. The Morgan fingerprint density at radius 2 is 1.89 bits per heavy atom. The Morgan fingerprint density at radius 3 is 2.50 bits per heavy atom. The molecular formula is C14H12O4. The van der Waals surface area contributed by atoms with Crippen molar-refractivity contribution in [3.8, 4) is 5.75 Å². The van der Waals surface area contributed by atoms with Crippen molar-refractivity contribution >= 4 is 22.7 Å². The molecule has 4 heteroatoms. The number of aryl methyl sites for hydroxylation is 1. The molecule has 0 amide bonds. The first-order valence-corrected chi connectivity index (χ1v) is 5.44. The van der Waals surface area contributed by atoms with Gasteiger partial charge in [-0.1, -0.05) is 12.1 Å². The van der Waals surface area contributed by atoms with E-state index in [1.165, 1.54) is 13.0 Å². The van der Waals surface area contributed by atoms with E-state index in [-0.39, 0.29) is 11.5 Å². The fourth-order valence-corrected chi connectivity index (χ4v) is 1.86. The molecule has 0 saturated heterocycles. The maximum absolute atomic E-state index is 10.9. The van der Waals surface area contributed by atoms with Crippen LogP contribution >= 0.6 is 0 Å². The highest BCUT2D eigenvalue weighted by atomic mass is 16.5. The monoisotopic (exact) mass is 244 g/mol. The molecule has 0 fully saturated rings. The van der Waals surface area contributed by atoms with Gasteiger partial charge in [0, 0.05) is 6.92 Å². The first-order valence-electron chi connectivity index (χ1n) is 5.44. The third-order valence-corrected chi connectivity index (χ3v) is 2.74. The number of ether oxygens (including phenoxy) is 1. The van der Waals surface area contributed by atoms with Crippen molar-refractivity contribution in [1.82, 2.24) is 0 Å². The smallest absolute Gasteiger partial charge is 0.335 e. The van der Waals surface area contributed by atoms with Crippen molar-refractivity contribution in [2.75, 3.05) is 0 Å². The van der Waals surface area contributed by atoms with E-state index in [1.807, 2.05) is 6.92 Å². The number of benzene rings is 2. The number of carbonyl (C=O) groups is 2. The third-order valence-electron chi connectivity index (χ3n) is 2.74. The largest absolute Gasteiger partial charge is 0.478 e. The van der Waals surface area contributed by atoms with Gasteiger partial charge in [0.25, 0.3) is 0 Å². The molecule has 2 aromatic carbocycles. The van der Waals surface area contributed by atoms with E-state index in [2.05, 4.69) is 0 Å². The molecule has 0 aliphatic carbocycles. The second-order valence-electron chi connectivity index (χ2n) is 4.02. The predicted octanol–water partition coefficient (Wildman–Crippen LogP) is 2.77. The van der Waals surface area contributed by atoms with Gasteiger partial charge in [-0.2, -0.15) is 0 Å². The van der Waals surface area contributed by atoms with Crippen LogP contribution in [0.4, 0.5) is 0 Å². The number of fused-ring (bicyclic) bond motifs is 1. The molecule has 0 aliphatic heterocycles. The van der Waals surface area contributed by atoms with Gasteiger partial charge in [0.1, 0.15) is 5.75 Å². The summed E-state index contributed by atoms with van der Waals surface area (Å²) < 4.78 is 5.08. The molecular weight excluding hydrogens is 232 g/mol. The van der Waals surface area contributed by atoms with Crippen molar-refractivity contribution in [2.24, 2.45) is 0 Å². The van der Waals surface area contributed by atoms with E-state index in [0.717, 1.165) is 16.3 Å². The fraction of sp³-hybridized carbons (Fsp3) is 0.143. The van der Waals surface area contributed by atoms with E-state index in [9.17, 15) is 9.59 Å². The van der Waals surface area contributed by atoms with Crippen LogP contribution in [0, 0.1) is 6.92 Å². The van der Waals surface area contributed by atoms with Gasteiger partial charge >= 0.3 is 11.9 Å². The lowest BCUT2D eigenvalue weighted by Crippen LogP contribution is -2.03. The van der Waals surface area contributed by atoms with E-state index in [1.54, 1.807) is 24.3 Å². The van der Waals surface area contributed by atoms with E-state index in [4.69, 9.17) is 9.84 Å². The Hall–Kier alpha value is -2.36. The van der Waals surface area contributed by atoms with Crippen LogP contribution in [-0.4, -0.2) is 17.0 Å². The number of rotatable bonds is 2.